The van der Waals surface area contributed by atoms with Gasteiger partial charge in [0.2, 0.25) is 0 Å². The fourth-order valence-corrected chi connectivity index (χ4v) is 2.27. The van der Waals surface area contributed by atoms with Gasteiger partial charge in [0, 0.05) is 11.9 Å². The Bertz CT molecular complexity index is 419. The van der Waals surface area contributed by atoms with Crippen molar-refractivity contribution >= 4 is 11.9 Å². The zero-order chi connectivity index (χ0) is 13.7. The van der Waals surface area contributed by atoms with Gasteiger partial charge in [-0.3, -0.25) is 4.79 Å². The normalized spacial score (nSPS) is 14.8. The Morgan fingerprint density at radius 3 is 2.16 bits per heavy atom. The Morgan fingerprint density at radius 1 is 1.26 bits per heavy atom. The molecule has 0 aliphatic heterocycles. The number of carbonyl (C=O) groups excluding carboxylic acids is 1. The van der Waals surface area contributed by atoms with Crippen molar-refractivity contribution in [3.63, 3.8) is 0 Å². The second-order valence-electron chi connectivity index (χ2n) is 4.40. The van der Waals surface area contributed by atoms with E-state index in [1.807, 2.05) is 37.3 Å². The molecule has 0 radical (unpaired) electrons. The van der Waals surface area contributed by atoms with Crippen LogP contribution < -0.4 is 34.7 Å². The Labute approximate surface area is 135 Å². The first-order valence-electron chi connectivity index (χ1n) is 5.97. The van der Waals surface area contributed by atoms with Crippen LogP contribution in [0.25, 0.3) is 0 Å². The predicted molar refractivity (Wildman–Crippen MR) is 64.8 cm³/mol. The molecule has 19 heavy (non-hydrogen) atoms. The van der Waals surface area contributed by atoms with Crippen molar-refractivity contribution in [2.75, 3.05) is 0 Å². The molecule has 3 unspecified atom stereocenters. The van der Waals surface area contributed by atoms with Gasteiger partial charge in [0.25, 0.3) is 0 Å². The van der Waals surface area contributed by atoms with Crippen LogP contribution in [0.2, 0.25) is 0 Å². The van der Waals surface area contributed by atoms with Crippen molar-refractivity contribution in [1.82, 2.24) is 0 Å². The molecule has 0 spiro atoms. The maximum atomic E-state index is 11.2. The van der Waals surface area contributed by atoms with Crippen molar-refractivity contribution in [2.24, 2.45) is 11.8 Å². The molecule has 1 aromatic carbocycles. The van der Waals surface area contributed by atoms with Crippen LogP contribution in [0.15, 0.2) is 30.3 Å². The maximum Gasteiger partial charge on any atom is 1.00 e. The Morgan fingerprint density at radius 2 is 1.79 bits per heavy atom. The van der Waals surface area contributed by atoms with E-state index in [2.05, 4.69) is 0 Å². The smallest absolute Gasteiger partial charge is 0.550 e. The van der Waals surface area contributed by atoms with Crippen LogP contribution >= 0.6 is 0 Å². The molecule has 0 aromatic heterocycles. The van der Waals surface area contributed by atoms with E-state index < -0.39 is 23.8 Å². The van der Waals surface area contributed by atoms with Gasteiger partial charge in [-0.05, 0) is 17.9 Å². The Balaban J connectivity index is 0.00000324. The quantitative estimate of drug-likeness (QED) is 0.624. The van der Waals surface area contributed by atoms with Crippen molar-refractivity contribution < 1.29 is 49.4 Å². The topological polar surface area (TPSA) is 77.4 Å². The molecule has 0 heterocycles. The molecule has 4 nitrogen and oxygen atoms in total. The fraction of sp³-hybridized carbons (Fsp3) is 0.429. The first kappa shape index (κ1) is 18.2. The summed E-state index contributed by atoms with van der Waals surface area (Å²) in [4.78, 5) is 22.3. The predicted octanol–water partition coefficient (Wildman–Crippen LogP) is -1.73. The minimum absolute atomic E-state index is 0. The summed E-state index contributed by atoms with van der Waals surface area (Å²) < 4.78 is 0. The van der Waals surface area contributed by atoms with E-state index in [-0.39, 0.29) is 35.5 Å². The molecule has 0 saturated carbocycles. The van der Waals surface area contributed by atoms with Gasteiger partial charge in [-0.1, -0.05) is 44.2 Å². The summed E-state index contributed by atoms with van der Waals surface area (Å²) in [5, 5.41) is 20.2. The third-order valence-electron chi connectivity index (χ3n) is 3.30. The van der Waals surface area contributed by atoms with Crippen molar-refractivity contribution in [2.45, 2.75) is 26.2 Å². The molecular weight excluding hydrogens is 255 g/mol. The molecule has 0 aliphatic carbocycles. The molecule has 1 rings (SSSR count). The van der Waals surface area contributed by atoms with Crippen LogP contribution in [-0.4, -0.2) is 17.0 Å². The van der Waals surface area contributed by atoms with E-state index in [0.717, 1.165) is 5.56 Å². The third kappa shape index (κ3) is 4.64. The molecule has 3 atom stereocenters. The van der Waals surface area contributed by atoms with E-state index in [9.17, 15) is 14.7 Å². The van der Waals surface area contributed by atoms with E-state index in [4.69, 9.17) is 5.11 Å². The summed E-state index contributed by atoms with van der Waals surface area (Å²) in [5.74, 6) is -4.75. The monoisotopic (exact) mass is 272 g/mol. The average Bonchev–Trinajstić information content (AvgIpc) is 2.35. The number of aliphatic carboxylic acids is 2. The minimum atomic E-state index is -1.30. The van der Waals surface area contributed by atoms with Crippen molar-refractivity contribution in [1.29, 1.82) is 0 Å². The number of hydrogen-bond acceptors (Lipinski definition) is 3. The van der Waals surface area contributed by atoms with E-state index in [1.165, 1.54) is 6.92 Å². The Kier molecular flexibility index (Phi) is 7.99. The maximum absolute atomic E-state index is 11.2. The molecule has 0 fully saturated rings. The van der Waals surface area contributed by atoms with Gasteiger partial charge in [-0.2, -0.15) is 0 Å². The summed E-state index contributed by atoms with van der Waals surface area (Å²) in [7, 11) is 0. The van der Waals surface area contributed by atoms with Gasteiger partial charge in [0.1, 0.15) is 0 Å². The van der Waals surface area contributed by atoms with Crippen LogP contribution in [0.3, 0.4) is 0 Å². The van der Waals surface area contributed by atoms with E-state index in [1.54, 1.807) is 0 Å². The molecular formula is C14H17NaO4. The van der Waals surface area contributed by atoms with Gasteiger partial charge in [-0.15, -0.1) is 0 Å². The van der Waals surface area contributed by atoms with Crippen LogP contribution in [0.4, 0.5) is 0 Å². The number of carboxylic acids is 2. The van der Waals surface area contributed by atoms with Gasteiger partial charge in [0.15, 0.2) is 0 Å². The molecule has 98 valence electrons. The number of carboxylic acid groups (broad SMARTS) is 2. The standard InChI is InChI=1S/C14H18O4.Na/c1-3-11(10-7-5-4-6-8-10)12(14(17)18)9(2)13(15)16;/h4-9,11-12H,3H2,1-2H3,(H,15,16)(H,17,18);/q;+1/p-1. The number of carbonyl (C=O) groups is 2. The van der Waals surface area contributed by atoms with Crippen molar-refractivity contribution in [3.8, 4) is 0 Å². The van der Waals surface area contributed by atoms with Crippen LogP contribution in [-0.2, 0) is 9.59 Å². The zero-order valence-corrected chi connectivity index (χ0v) is 13.5. The summed E-state index contributed by atoms with van der Waals surface area (Å²) in [5.41, 5.74) is 0.835. The molecule has 0 bridgehead atoms. The first-order valence-corrected chi connectivity index (χ1v) is 5.97. The molecule has 1 aromatic rings. The zero-order valence-electron chi connectivity index (χ0n) is 11.5. The van der Waals surface area contributed by atoms with Crippen LogP contribution in [0.1, 0.15) is 31.7 Å². The molecule has 0 saturated heterocycles. The van der Waals surface area contributed by atoms with Gasteiger partial charge < -0.3 is 15.0 Å². The molecule has 0 aliphatic rings. The van der Waals surface area contributed by atoms with Crippen molar-refractivity contribution in [3.05, 3.63) is 35.9 Å². The minimum Gasteiger partial charge on any atom is -0.550 e. The van der Waals surface area contributed by atoms with Gasteiger partial charge >= 0.3 is 35.5 Å². The summed E-state index contributed by atoms with van der Waals surface area (Å²) in [6, 6.07) is 9.10. The fourth-order valence-electron chi connectivity index (χ4n) is 2.27. The summed E-state index contributed by atoms with van der Waals surface area (Å²) in [6.45, 7) is 3.26. The van der Waals surface area contributed by atoms with E-state index in [0.29, 0.717) is 6.42 Å². The molecule has 1 N–H and O–H groups in total. The first-order chi connectivity index (χ1) is 8.49. The number of hydrogen-bond donors (Lipinski definition) is 1. The van der Waals surface area contributed by atoms with Gasteiger partial charge in [0.05, 0.1) is 5.92 Å². The average molecular weight is 272 g/mol. The second-order valence-corrected chi connectivity index (χ2v) is 4.40. The molecule has 0 amide bonds. The largest absolute Gasteiger partial charge is 1.00 e. The Hall–Kier alpha value is -0.840. The second kappa shape index (κ2) is 8.35. The summed E-state index contributed by atoms with van der Waals surface area (Å²) >= 11 is 0. The van der Waals surface area contributed by atoms with Gasteiger partial charge in [-0.25, -0.2) is 0 Å². The van der Waals surface area contributed by atoms with Crippen LogP contribution in [0, 0.1) is 11.8 Å². The summed E-state index contributed by atoms with van der Waals surface area (Å²) in [6.07, 6.45) is 0.556. The van der Waals surface area contributed by atoms with E-state index >= 15 is 0 Å². The number of rotatable bonds is 6. The van der Waals surface area contributed by atoms with Crippen LogP contribution in [0.5, 0.6) is 0 Å². The SMILES string of the molecule is CCC(c1ccccc1)C(C(=O)[O-])C(C)C(=O)O.[Na+]. The number of benzene rings is 1. The molecule has 5 heteroatoms. The third-order valence-corrected chi connectivity index (χ3v) is 3.30.